The summed E-state index contributed by atoms with van der Waals surface area (Å²) in [6.07, 6.45) is 0.905. The van der Waals surface area contributed by atoms with Gasteiger partial charge in [-0.1, -0.05) is 19.1 Å². The first kappa shape index (κ1) is 27.8. The van der Waals surface area contributed by atoms with Crippen molar-refractivity contribution in [1.29, 1.82) is 0 Å². The molecule has 0 spiro atoms. The molecule has 10 heteroatoms. The van der Waals surface area contributed by atoms with E-state index in [0.717, 1.165) is 22.7 Å². The van der Waals surface area contributed by atoms with E-state index in [9.17, 15) is 9.59 Å². The number of hydrogen-bond donors (Lipinski definition) is 3. The highest BCUT2D eigenvalue weighted by molar-refractivity contribution is 14.0. The number of thiazole rings is 1. The van der Waals surface area contributed by atoms with Gasteiger partial charge in [-0.15, -0.1) is 35.3 Å². The Balaban J connectivity index is 0.00000512. The molecule has 1 aromatic heterocycles. The third-order valence-electron chi connectivity index (χ3n) is 4.34. The van der Waals surface area contributed by atoms with E-state index >= 15 is 0 Å². The van der Waals surface area contributed by atoms with Gasteiger partial charge in [0.25, 0.3) is 0 Å². The van der Waals surface area contributed by atoms with Crippen LogP contribution in [0.2, 0.25) is 0 Å². The molecule has 0 aliphatic carbocycles. The molecule has 1 heterocycles. The topological polar surface area (TPSA) is 105 Å². The number of aromatic nitrogens is 1. The van der Waals surface area contributed by atoms with Gasteiger partial charge in [-0.25, -0.2) is 14.8 Å². The van der Waals surface area contributed by atoms with Crippen molar-refractivity contribution < 1.29 is 14.3 Å². The first-order chi connectivity index (χ1) is 14.9. The fourth-order valence-electron chi connectivity index (χ4n) is 2.80. The van der Waals surface area contributed by atoms with Crippen molar-refractivity contribution in [3.63, 3.8) is 0 Å². The molecule has 0 fully saturated rings. The third kappa shape index (κ3) is 8.38. The highest BCUT2D eigenvalue weighted by Gasteiger charge is 2.20. The number of carbonyl (C=O) groups is 2. The Kier molecular flexibility index (Phi) is 12.2. The van der Waals surface area contributed by atoms with Gasteiger partial charge in [-0.2, -0.15) is 0 Å². The molecular weight excluding hydrogens is 541 g/mol. The molecule has 0 aliphatic heterocycles. The molecule has 0 saturated carbocycles. The number of esters is 1. The van der Waals surface area contributed by atoms with Crippen LogP contribution in [0.5, 0.6) is 0 Å². The van der Waals surface area contributed by atoms with E-state index in [1.807, 2.05) is 38.1 Å². The van der Waals surface area contributed by atoms with Gasteiger partial charge < -0.3 is 20.7 Å². The zero-order valence-electron chi connectivity index (χ0n) is 19.2. The third-order valence-corrected chi connectivity index (χ3v) is 5.66. The number of nitrogens with zero attached hydrogens (tertiary/aromatic N) is 2. The number of carbonyl (C=O) groups excluding carboxylic acids is 2. The molecule has 176 valence electrons. The number of hydrogen-bond acceptors (Lipinski definition) is 6. The van der Waals surface area contributed by atoms with Gasteiger partial charge in [0.05, 0.1) is 18.3 Å². The largest absolute Gasteiger partial charge is 0.462 e. The van der Waals surface area contributed by atoms with Gasteiger partial charge in [-0.3, -0.25) is 4.79 Å². The maximum Gasteiger partial charge on any atom is 0.350 e. The molecule has 2 aromatic rings. The average Bonchev–Trinajstić information content (AvgIpc) is 3.14. The number of benzene rings is 1. The Bertz CT molecular complexity index is 932. The highest BCUT2D eigenvalue weighted by atomic mass is 127. The first-order valence-corrected chi connectivity index (χ1v) is 11.3. The average molecular weight is 574 g/mol. The summed E-state index contributed by atoms with van der Waals surface area (Å²) in [6.45, 7) is 10.4. The molecule has 1 amide bonds. The number of nitrogens with one attached hydrogen (secondary N) is 3. The lowest BCUT2D eigenvalue weighted by molar-refractivity contribution is -0.114. The molecule has 0 aliphatic rings. The van der Waals surface area contributed by atoms with Gasteiger partial charge in [0.1, 0.15) is 16.4 Å². The van der Waals surface area contributed by atoms with E-state index in [1.165, 1.54) is 11.3 Å². The second-order valence-electron chi connectivity index (χ2n) is 6.85. The van der Waals surface area contributed by atoms with Gasteiger partial charge in [0, 0.05) is 12.2 Å². The summed E-state index contributed by atoms with van der Waals surface area (Å²) in [5.74, 6) is -0.0638. The van der Waals surface area contributed by atoms with Crippen molar-refractivity contribution in [3.8, 4) is 0 Å². The Morgan fingerprint density at radius 2 is 2.00 bits per heavy atom. The number of rotatable bonds is 9. The van der Waals surface area contributed by atoms with Crippen LogP contribution in [0.15, 0.2) is 29.3 Å². The second kappa shape index (κ2) is 14.0. The second-order valence-corrected chi connectivity index (χ2v) is 7.88. The molecule has 1 aromatic carbocycles. The fourth-order valence-corrected chi connectivity index (χ4v) is 3.76. The fraction of sp³-hybridized carbons (Fsp3) is 0.455. The van der Waals surface area contributed by atoms with Crippen LogP contribution in [0.25, 0.3) is 0 Å². The number of aliphatic imine (C=N–C) groups is 1. The molecule has 0 bridgehead atoms. The van der Waals surface area contributed by atoms with Crippen molar-refractivity contribution >= 4 is 58.8 Å². The van der Waals surface area contributed by atoms with E-state index in [2.05, 4.69) is 32.9 Å². The molecule has 0 saturated heterocycles. The van der Waals surface area contributed by atoms with Crippen molar-refractivity contribution in [1.82, 2.24) is 15.6 Å². The first-order valence-electron chi connectivity index (χ1n) is 10.5. The molecule has 0 radical (unpaired) electrons. The zero-order chi connectivity index (χ0) is 22.8. The van der Waals surface area contributed by atoms with E-state index in [-0.39, 0.29) is 48.4 Å². The lowest BCUT2D eigenvalue weighted by Crippen LogP contribution is -2.39. The maximum absolute atomic E-state index is 12.3. The van der Waals surface area contributed by atoms with E-state index in [0.29, 0.717) is 29.7 Å². The number of ether oxygens (including phenoxy) is 1. The van der Waals surface area contributed by atoms with E-state index in [1.54, 1.807) is 13.8 Å². The van der Waals surface area contributed by atoms with Crippen LogP contribution in [0.3, 0.4) is 0 Å². The van der Waals surface area contributed by atoms with Crippen molar-refractivity contribution in [2.24, 2.45) is 4.99 Å². The quantitative estimate of drug-likeness (QED) is 0.181. The van der Waals surface area contributed by atoms with Crippen molar-refractivity contribution in [2.45, 2.75) is 47.1 Å². The molecule has 2 rings (SSSR count). The summed E-state index contributed by atoms with van der Waals surface area (Å²) in [6, 6.07) is 7.56. The van der Waals surface area contributed by atoms with Gasteiger partial charge in [0.2, 0.25) is 5.91 Å². The number of halogens is 1. The van der Waals surface area contributed by atoms with E-state index in [4.69, 9.17) is 4.74 Å². The van der Waals surface area contributed by atoms with Crippen LogP contribution < -0.4 is 16.0 Å². The Labute approximate surface area is 210 Å². The zero-order valence-corrected chi connectivity index (χ0v) is 22.3. The number of anilines is 1. The Hall–Kier alpha value is -2.21. The Morgan fingerprint density at radius 1 is 1.25 bits per heavy atom. The number of amides is 1. The van der Waals surface area contributed by atoms with Crippen LogP contribution in [-0.4, -0.2) is 42.5 Å². The van der Waals surface area contributed by atoms with Gasteiger partial charge in [-0.05, 0) is 51.8 Å². The maximum atomic E-state index is 12.3. The smallest absolute Gasteiger partial charge is 0.350 e. The Morgan fingerprint density at radius 3 is 2.66 bits per heavy atom. The van der Waals surface area contributed by atoms with Gasteiger partial charge in [0.15, 0.2) is 5.96 Å². The van der Waals surface area contributed by atoms with E-state index < -0.39 is 0 Å². The summed E-state index contributed by atoms with van der Waals surface area (Å²) < 4.78 is 5.08. The molecule has 32 heavy (non-hydrogen) atoms. The molecule has 1 atom stereocenters. The SMILES string of the molecule is CCNC(=NCC(=O)Nc1cccc(CC)c1)NC(C)c1nc(C)c(C(=O)OCC)s1.I. The molecular formula is C22H32IN5O3S. The van der Waals surface area contributed by atoms with Crippen LogP contribution in [0.4, 0.5) is 5.69 Å². The van der Waals surface area contributed by atoms with Gasteiger partial charge >= 0.3 is 5.97 Å². The predicted octanol–water partition coefficient (Wildman–Crippen LogP) is 4.06. The minimum atomic E-state index is -0.361. The standard InChI is InChI=1S/C22H31N5O3S.HI/c1-6-16-10-9-11-17(12-16)27-18(28)13-24-22(23-7-2)26-15(5)20-25-14(4)19(31-20)21(29)30-8-3;/h9-12,15H,6-8,13H2,1-5H3,(H,27,28)(H2,23,24,26);1H. The van der Waals surface area contributed by atoms with Crippen molar-refractivity contribution in [2.75, 3.05) is 25.0 Å². The lowest BCUT2D eigenvalue weighted by atomic mass is 10.1. The molecule has 1 unspecified atom stereocenters. The molecule has 3 N–H and O–H groups in total. The van der Waals surface area contributed by atoms with Crippen LogP contribution in [0, 0.1) is 6.92 Å². The summed E-state index contributed by atoms with van der Waals surface area (Å²) in [7, 11) is 0. The highest BCUT2D eigenvalue weighted by Crippen LogP contribution is 2.24. The van der Waals surface area contributed by atoms with Crippen molar-refractivity contribution in [3.05, 3.63) is 45.4 Å². The summed E-state index contributed by atoms with van der Waals surface area (Å²) in [5, 5.41) is 9.98. The predicted molar refractivity (Wildman–Crippen MR) is 140 cm³/mol. The lowest BCUT2D eigenvalue weighted by Gasteiger charge is -2.16. The normalized spacial score (nSPS) is 11.8. The number of guanidine groups is 1. The van der Waals surface area contributed by atoms with Crippen LogP contribution >= 0.6 is 35.3 Å². The van der Waals surface area contributed by atoms with Crippen LogP contribution in [-0.2, 0) is 16.0 Å². The number of aryl methyl sites for hydroxylation is 2. The monoisotopic (exact) mass is 573 g/mol. The molecule has 8 nitrogen and oxygen atoms in total. The van der Waals surface area contributed by atoms with Crippen LogP contribution in [0.1, 0.15) is 59.7 Å². The summed E-state index contributed by atoms with van der Waals surface area (Å²) in [5.41, 5.74) is 2.56. The summed E-state index contributed by atoms with van der Waals surface area (Å²) in [4.78, 5) is 33.7. The minimum absolute atomic E-state index is 0. The minimum Gasteiger partial charge on any atom is -0.462 e. The summed E-state index contributed by atoms with van der Waals surface area (Å²) >= 11 is 1.30.